The zero-order valence-electron chi connectivity index (χ0n) is 15.4. The molecule has 1 amide bonds. The van der Waals surface area contributed by atoms with Crippen LogP contribution in [0.25, 0.3) is 0 Å². The van der Waals surface area contributed by atoms with Gasteiger partial charge in [-0.15, -0.1) is 0 Å². The number of carbonyl (C=O) groups is 1. The molecule has 0 spiro atoms. The molecule has 4 heteroatoms. The van der Waals surface area contributed by atoms with E-state index in [1.54, 1.807) is 0 Å². The molecule has 1 N–H and O–H groups in total. The van der Waals surface area contributed by atoms with Crippen LogP contribution in [0.5, 0.6) is 0 Å². The first kappa shape index (κ1) is 19.4. The van der Waals surface area contributed by atoms with Crippen molar-refractivity contribution >= 4 is 5.91 Å². The van der Waals surface area contributed by atoms with E-state index in [0.29, 0.717) is 24.3 Å². The number of carbonyl (C=O) groups excluding carboxylic acids is 1. The molecule has 0 aromatic rings. The molecule has 0 aromatic carbocycles. The largest absolute Gasteiger partial charge is 0.341 e. The maximum atomic E-state index is 12.6. The summed E-state index contributed by atoms with van der Waals surface area (Å²) in [6.07, 6.45) is 2.43. The van der Waals surface area contributed by atoms with E-state index in [2.05, 4.69) is 49.7 Å². The van der Waals surface area contributed by atoms with Gasteiger partial charge >= 0.3 is 0 Å². The third-order valence-electron chi connectivity index (χ3n) is 4.27. The number of likely N-dealkylation sites (tertiary alicyclic amines) is 1. The first-order valence-electron chi connectivity index (χ1n) is 9.13. The van der Waals surface area contributed by atoms with Crippen molar-refractivity contribution in [3.63, 3.8) is 0 Å². The molecule has 0 saturated carbocycles. The summed E-state index contributed by atoms with van der Waals surface area (Å²) in [5.41, 5.74) is 0. The van der Waals surface area contributed by atoms with E-state index in [-0.39, 0.29) is 0 Å². The fraction of sp³-hybridized carbons (Fsp3) is 0.944. The lowest BCUT2D eigenvalue weighted by atomic mass is 9.97. The molecular weight excluding hydrogens is 274 g/mol. The minimum absolute atomic E-state index is 0.313. The first-order chi connectivity index (χ1) is 10.4. The van der Waals surface area contributed by atoms with Crippen LogP contribution in [-0.2, 0) is 4.79 Å². The second kappa shape index (κ2) is 10.2. The zero-order chi connectivity index (χ0) is 16.5. The Morgan fingerprint density at radius 3 is 2.14 bits per heavy atom. The number of piperidine rings is 1. The van der Waals surface area contributed by atoms with Crippen LogP contribution in [0.4, 0.5) is 0 Å². The van der Waals surface area contributed by atoms with Crippen molar-refractivity contribution in [2.45, 2.75) is 47.5 Å². The lowest BCUT2D eigenvalue weighted by Gasteiger charge is -2.34. The molecule has 0 atom stereocenters. The van der Waals surface area contributed by atoms with Gasteiger partial charge in [-0.25, -0.2) is 0 Å². The first-order valence-corrected chi connectivity index (χ1v) is 9.13. The van der Waals surface area contributed by atoms with Crippen LogP contribution in [0.1, 0.15) is 47.5 Å². The highest BCUT2D eigenvalue weighted by Gasteiger charge is 2.23. The molecule has 1 aliphatic heterocycles. The molecule has 1 rings (SSSR count). The second-order valence-electron chi connectivity index (χ2n) is 7.61. The van der Waals surface area contributed by atoms with E-state index in [1.165, 1.54) is 12.8 Å². The van der Waals surface area contributed by atoms with Crippen molar-refractivity contribution in [1.29, 1.82) is 0 Å². The normalized spacial score (nSPS) is 17.4. The van der Waals surface area contributed by atoms with Crippen LogP contribution in [-0.4, -0.2) is 61.5 Å². The molecule has 0 aromatic heterocycles. The van der Waals surface area contributed by atoms with E-state index >= 15 is 0 Å². The number of nitrogens with zero attached hydrogens (tertiary/aromatic N) is 2. The predicted molar refractivity (Wildman–Crippen MR) is 94.0 cm³/mol. The van der Waals surface area contributed by atoms with Crippen molar-refractivity contribution in [2.24, 2.45) is 17.8 Å². The van der Waals surface area contributed by atoms with Crippen molar-refractivity contribution in [3.8, 4) is 0 Å². The van der Waals surface area contributed by atoms with Crippen LogP contribution in [0.3, 0.4) is 0 Å². The molecule has 0 radical (unpaired) electrons. The SMILES string of the molecule is CCNCC1CCN(CC(=O)N(CC(C)C)CC(C)C)CC1. The Kier molecular flexibility index (Phi) is 9.03. The molecular formula is C18H37N3O. The smallest absolute Gasteiger partial charge is 0.236 e. The van der Waals surface area contributed by atoms with E-state index < -0.39 is 0 Å². The van der Waals surface area contributed by atoms with Gasteiger partial charge in [0.2, 0.25) is 5.91 Å². The summed E-state index contributed by atoms with van der Waals surface area (Å²) in [5, 5.41) is 3.44. The molecule has 1 heterocycles. The summed E-state index contributed by atoms with van der Waals surface area (Å²) in [7, 11) is 0. The zero-order valence-corrected chi connectivity index (χ0v) is 15.4. The van der Waals surface area contributed by atoms with Gasteiger partial charge in [-0.05, 0) is 56.8 Å². The minimum Gasteiger partial charge on any atom is -0.341 e. The predicted octanol–water partition coefficient (Wildman–Crippen LogP) is 2.45. The highest BCUT2D eigenvalue weighted by Crippen LogP contribution is 2.16. The summed E-state index contributed by atoms with van der Waals surface area (Å²) >= 11 is 0. The quantitative estimate of drug-likeness (QED) is 0.710. The van der Waals surface area contributed by atoms with Crippen LogP contribution in [0, 0.1) is 17.8 Å². The molecule has 1 fully saturated rings. The minimum atomic E-state index is 0.313. The van der Waals surface area contributed by atoms with E-state index in [0.717, 1.165) is 45.2 Å². The van der Waals surface area contributed by atoms with Gasteiger partial charge in [-0.1, -0.05) is 34.6 Å². The van der Waals surface area contributed by atoms with E-state index in [1.807, 2.05) is 0 Å². The lowest BCUT2D eigenvalue weighted by Crippen LogP contribution is -2.46. The molecule has 130 valence electrons. The summed E-state index contributed by atoms with van der Waals surface area (Å²) in [6.45, 7) is 17.6. The molecule has 0 aliphatic carbocycles. The molecule has 4 nitrogen and oxygen atoms in total. The maximum Gasteiger partial charge on any atom is 0.236 e. The van der Waals surface area contributed by atoms with Gasteiger partial charge in [0.25, 0.3) is 0 Å². The van der Waals surface area contributed by atoms with Gasteiger partial charge in [0.05, 0.1) is 6.54 Å². The van der Waals surface area contributed by atoms with Gasteiger partial charge in [-0.3, -0.25) is 9.69 Å². The number of amides is 1. The summed E-state index contributed by atoms with van der Waals surface area (Å²) in [5.74, 6) is 2.17. The summed E-state index contributed by atoms with van der Waals surface area (Å²) in [6, 6.07) is 0. The van der Waals surface area contributed by atoms with Crippen molar-refractivity contribution < 1.29 is 4.79 Å². The van der Waals surface area contributed by atoms with Crippen LogP contribution in [0.2, 0.25) is 0 Å². The Hall–Kier alpha value is -0.610. The highest BCUT2D eigenvalue weighted by atomic mass is 16.2. The van der Waals surface area contributed by atoms with Gasteiger partial charge in [-0.2, -0.15) is 0 Å². The summed E-state index contributed by atoms with van der Waals surface area (Å²) in [4.78, 5) is 17.0. The Morgan fingerprint density at radius 1 is 1.14 bits per heavy atom. The molecule has 0 unspecified atom stereocenters. The lowest BCUT2D eigenvalue weighted by molar-refractivity contribution is -0.133. The molecule has 22 heavy (non-hydrogen) atoms. The maximum absolute atomic E-state index is 12.6. The van der Waals surface area contributed by atoms with E-state index in [4.69, 9.17) is 0 Å². The van der Waals surface area contributed by atoms with Gasteiger partial charge in [0.1, 0.15) is 0 Å². The Labute approximate surface area is 137 Å². The number of hydrogen-bond donors (Lipinski definition) is 1. The summed E-state index contributed by atoms with van der Waals surface area (Å²) < 4.78 is 0. The average molecular weight is 312 g/mol. The van der Waals surface area contributed by atoms with Crippen molar-refractivity contribution in [3.05, 3.63) is 0 Å². The molecule has 1 aliphatic rings. The number of rotatable bonds is 9. The third kappa shape index (κ3) is 7.59. The van der Waals surface area contributed by atoms with Crippen molar-refractivity contribution in [2.75, 3.05) is 45.8 Å². The number of hydrogen-bond acceptors (Lipinski definition) is 3. The number of nitrogens with one attached hydrogen (secondary N) is 1. The van der Waals surface area contributed by atoms with Gasteiger partial charge < -0.3 is 10.2 Å². The second-order valence-corrected chi connectivity index (χ2v) is 7.61. The third-order valence-corrected chi connectivity index (χ3v) is 4.27. The van der Waals surface area contributed by atoms with E-state index in [9.17, 15) is 4.79 Å². The molecule has 1 saturated heterocycles. The average Bonchev–Trinajstić information content (AvgIpc) is 2.45. The van der Waals surface area contributed by atoms with Crippen molar-refractivity contribution in [1.82, 2.24) is 15.1 Å². The highest BCUT2D eigenvalue weighted by molar-refractivity contribution is 5.78. The standard InChI is InChI=1S/C18H37N3O/c1-6-19-11-17-7-9-20(10-8-17)14-18(22)21(12-15(2)3)13-16(4)5/h15-17,19H,6-14H2,1-5H3. The monoisotopic (exact) mass is 311 g/mol. The van der Waals surface area contributed by atoms with Crippen LogP contribution < -0.4 is 5.32 Å². The fourth-order valence-corrected chi connectivity index (χ4v) is 3.15. The molecule has 0 bridgehead atoms. The topological polar surface area (TPSA) is 35.6 Å². The van der Waals surface area contributed by atoms with Crippen LogP contribution >= 0.6 is 0 Å². The Balaban J connectivity index is 2.39. The van der Waals surface area contributed by atoms with Gasteiger partial charge in [0.15, 0.2) is 0 Å². The van der Waals surface area contributed by atoms with Gasteiger partial charge in [0, 0.05) is 13.1 Å². The Morgan fingerprint density at radius 2 is 1.68 bits per heavy atom. The fourth-order valence-electron chi connectivity index (χ4n) is 3.15. The Bertz CT molecular complexity index is 299. The van der Waals surface area contributed by atoms with Crippen LogP contribution in [0.15, 0.2) is 0 Å².